The lowest BCUT2D eigenvalue weighted by molar-refractivity contribution is 0.212. The van der Waals surface area contributed by atoms with Crippen LogP contribution < -0.4 is 15.7 Å². The van der Waals surface area contributed by atoms with Crippen LogP contribution in [0, 0.1) is 0 Å². The Morgan fingerprint density at radius 3 is 2.75 bits per heavy atom. The Morgan fingerprint density at radius 2 is 2.00 bits per heavy atom. The molecular weight excluding hydrogens is 302 g/mol. The average molecular weight is 325 g/mol. The zero-order valence-corrected chi connectivity index (χ0v) is 13.7. The Labute approximate surface area is 142 Å². The molecule has 0 spiro atoms. The lowest BCUT2D eigenvalue weighted by Crippen LogP contribution is -2.33. The second-order valence-electron chi connectivity index (χ2n) is 6.14. The monoisotopic (exact) mass is 325 g/mol. The van der Waals surface area contributed by atoms with Gasteiger partial charge in [0.25, 0.3) is 0 Å². The highest BCUT2D eigenvalue weighted by molar-refractivity contribution is 5.88. The Morgan fingerprint density at radius 1 is 1.21 bits per heavy atom. The van der Waals surface area contributed by atoms with Gasteiger partial charge in [0.2, 0.25) is 0 Å². The zero-order valence-electron chi connectivity index (χ0n) is 13.7. The molecule has 5 nitrogen and oxygen atoms in total. The number of fused-ring (bicyclic) bond motifs is 1. The average Bonchev–Trinajstić information content (AvgIpc) is 2.61. The van der Waals surface area contributed by atoms with Gasteiger partial charge >= 0.3 is 6.03 Å². The van der Waals surface area contributed by atoms with Crippen LogP contribution in [-0.4, -0.2) is 24.3 Å². The van der Waals surface area contributed by atoms with E-state index in [9.17, 15) is 10.0 Å². The summed E-state index contributed by atoms with van der Waals surface area (Å²) in [7, 11) is 0. The molecule has 0 saturated heterocycles. The molecule has 3 N–H and O–H groups in total. The normalized spacial score (nSPS) is 13.5. The van der Waals surface area contributed by atoms with E-state index in [4.69, 9.17) is 5.73 Å². The summed E-state index contributed by atoms with van der Waals surface area (Å²) in [4.78, 5) is 13.5. The minimum Gasteiger partial charge on any atom is -0.371 e. The molecule has 2 amide bonds. The van der Waals surface area contributed by atoms with E-state index >= 15 is 0 Å². The first-order valence-corrected chi connectivity index (χ1v) is 8.35. The van der Waals surface area contributed by atoms with Gasteiger partial charge in [0, 0.05) is 18.8 Å². The highest BCUT2D eigenvalue weighted by atomic mass is 16.5. The van der Waals surface area contributed by atoms with Gasteiger partial charge < -0.3 is 10.6 Å². The molecule has 2 aromatic rings. The van der Waals surface area contributed by atoms with E-state index in [2.05, 4.69) is 29.2 Å². The van der Waals surface area contributed by atoms with Gasteiger partial charge in [-0.2, -0.15) is 5.06 Å². The maximum Gasteiger partial charge on any atom is 0.343 e. The number of amides is 2. The Kier molecular flexibility index (Phi) is 5.01. The summed E-state index contributed by atoms with van der Waals surface area (Å²) in [6.07, 6.45) is 4.18. The largest absolute Gasteiger partial charge is 0.371 e. The van der Waals surface area contributed by atoms with Crippen molar-refractivity contribution in [3.63, 3.8) is 0 Å². The number of anilines is 2. The molecule has 2 aromatic carbocycles. The van der Waals surface area contributed by atoms with Crippen molar-refractivity contribution < 1.29 is 10.0 Å². The Balaban J connectivity index is 1.66. The molecule has 0 aliphatic carbocycles. The second-order valence-corrected chi connectivity index (χ2v) is 6.14. The smallest absolute Gasteiger partial charge is 0.343 e. The molecule has 0 fully saturated rings. The molecule has 0 bridgehead atoms. The number of carbonyl (C=O) groups excluding carboxylic acids is 1. The van der Waals surface area contributed by atoms with Gasteiger partial charge in [-0.3, -0.25) is 5.21 Å². The van der Waals surface area contributed by atoms with E-state index < -0.39 is 6.03 Å². The van der Waals surface area contributed by atoms with E-state index in [1.165, 1.54) is 11.3 Å². The molecule has 1 aliphatic heterocycles. The predicted octanol–water partition coefficient (Wildman–Crippen LogP) is 3.35. The summed E-state index contributed by atoms with van der Waals surface area (Å²) in [5, 5.41) is 10.2. The standard InChI is InChI=1S/C19H23N3O2/c20-19(23)22(24)17-10-11-18-16(14-17)9-5-13-21(18)12-4-8-15-6-2-1-3-7-15/h1-3,6-7,10-11,14,24H,4-5,8-9,12-13H2,(H2,20,23). The number of aryl methyl sites for hydroxylation is 2. The third-order valence-corrected chi connectivity index (χ3v) is 4.47. The van der Waals surface area contributed by atoms with Crippen LogP contribution in [0.1, 0.15) is 24.0 Å². The molecule has 3 rings (SSSR count). The fourth-order valence-electron chi connectivity index (χ4n) is 3.27. The summed E-state index contributed by atoms with van der Waals surface area (Å²) in [6.45, 7) is 2.04. The number of rotatable bonds is 5. The fraction of sp³-hybridized carbons (Fsp3) is 0.316. The van der Waals surface area contributed by atoms with Gasteiger partial charge in [-0.05, 0) is 55.0 Å². The van der Waals surface area contributed by atoms with Crippen molar-refractivity contribution >= 4 is 17.4 Å². The van der Waals surface area contributed by atoms with Crippen molar-refractivity contribution in [3.05, 3.63) is 59.7 Å². The third-order valence-electron chi connectivity index (χ3n) is 4.47. The number of carbonyl (C=O) groups is 1. The Hall–Kier alpha value is -2.53. The van der Waals surface area contributed by atoms with Crippen LogP contribution in [0.4, 0.5) is 16.2 Å². The van der Waals surface area contributed by atoms with E-state index in [0.717, 1.165) is 44.3 Å². The Bertz CT molecular complexity index is 703. The van der Waals surface area contributed by atoms with Crippen LogP contribution >= 0.6 is 0 Å². The topological polar surface area (TPSA) is 69.8 Å². The molecule has 0 atom stereocenters. The maximum atomic E-state index is 11.1. The van der Waals surface area contributed by atoms with Crippen molar-refractivity contribution in [2.24, 2.45) is 5.73 Å². The minimum atomic E-state index is -0.870. The van der Waals surface area contributed by atoms with Gasteiger partial charge in [-0.1, -0.05) is 30.3 Å². The van der Waals surface area contributed by atoms with Crippen molar-refractivity contribution in [1.29, 1.82) is 0 Å². The molecule has 1 heterocycles. The van der Waals surface area contributed by atoms with Crippen molar-refractivity contribution in [1.82, 2.24) is 0 Å². The van der Waals surface area contributed by atoms with E-state index in [1.807, 2.05) is 18.2 Å². The third kappa shape index (κ3) is 3.68. The van der Waals surface area contributed by atoms with Crippen LogP contribution in [0.3, 0.4) is 0 Å². The molecular formula is C19H23N3O2. The summed E-state index contributed by atoms with van der Waals surface area (Å²) in [6, 6.07) is 15.2. The number of hydroxylamine groups is 1. The molecule has 1 aliphatic rings. The predicted molar refractivity (Wildman–Crippen MR) is 95.6 cm³/mol. The summed E-state index contributed by atoms with van der Waals surface area (Å²) < 4.78 is 0. The lowest BCUT2D eigenvalue weighted by atomic mass is 10.00. The summed E-state index contributed by atoms with van der Waals surface area (Å²) in [5.41, 5.74) is 9.25. The number of hydrogen-bond acceptors (Lipinski definition) is 3. The SMILES string of the molecule is NC(=O)N(O)c1ccc2c(c1)CCCN2CCCc1ccccc1. The quantitative estimate of drug-likeness (QED) is 0.654. The lowest BCUT2D eigenvalue weighted by Gasteiger charge is -2.32. The fourth-order valence-corrected chi connectivity index (χ4v) is 3.27. The van der Waals surface area contributed by atoms with E-state index in [1.54, 1.807) is 6.07 Å². The second kappa shape index (κ2) is 7.36. The maximum absolute atomic E-state index is 11.1. The van der Waals surface area contributed by atoms with Crippen molar-refractivity contribution in [3.8, 4) is 0 Å². The number of urea groups is 1. The van der Waals surface area contributed by atoms with E-state index in [-0.39, 0.29) is 0 Å². The van der Waals surface area contributed by atoms with Gasteiger partial charge in [0.1, 0.15) is 0 Å². The number of hydrogen-bond donors (Lipinski definition) is 2. The molecule has 5 heteroatoms. The number of nitrogens with zero attached hydrogens (tertiary/aromatic N) is 2. The van der Waals surface area contributed by atoms with Gasteiger partial charge in [0.05, 0.1) is 5.69 Å². The molecule has 126 valence electrons. The number of nitrogens with two attached hydrogens (primary N) is 1. The van der Waals surface area contributed by atoms with Crippen molar-refractivity contribution in [2.75, 3.05) is 23.1 Å². The van der Waals surface area contributed by atoms with Crippen LogP contribution in [0.5, 0.6) is 0 Å². The first-order valence-electron chi connectivity index (χ1n) is 8.35. The number of primary amides is 1. The number of benzene rings is 2. The van der Waals surface area contributed by atoms with Gasteiger partial charge in [0.15, 0.2) is 0 Å². The van der Waals surface area contributed by atoms with Crippen LogP contribution in [-0.2, 0) is 12.8 Å². The zero-order chi connectivity index (χ0) is 16.9. The molecule has 24 heavy (non-hydrogen) atoms. The molecule has 0 saturated carbocycles. The highest BCUT2D eigenvalue weighted by Crippen LogP contribution is 2.30. The molecule has 0 unspecified atom stereocenters. The van der Waals surface area contributed by atoms with Crippen LogP contribution in [0.15, 0.2) is 48.5 Å². The minimum absolute atomic E-state index is 0.424. The van der Waals surface area contributed by atoms with Gasteiger partial charge in [-0.15, -0.1) is 0 Å². The first kappa shape index (κ1) is 16.3. The van der Waals surface area contributed by atoms with E-state index in [0.29, 0.717) is 10.8 Å². The summed E-state index contributed by atoms with van der Waals surface area (Å²) in [5.74, 6) is 0. The van der Waals surface area contributed by atoms with Crippen LogP contribution in [0.2, 0.25) is 0 Å². The molecule has 0 aromatic heterocycles. The first-order chi connectivity index (χ1) is 11.6. The van der Waals surface area contributed by atoms with Crippen molar-refractivity contribution in [2.45, 2.75) is 25.7 Å². The highest BCUT2D eigenvalue weighted by Gasteiger charge is 2.19. The molecule has 0 radical (unpaired) electrons. The van der Waals surface area contributed by atoms with Crippen LogP contribution in [0.25, 0.3) is 0 Å². The van der Waals surface area contributed by atoms with Gasteiger partial charge in [-0.25, -0.2) is 4.79 Å². The summed E-state index contributed by atoms with van der Waals surface area (Å²) >= 11 is 0.